The first-order valence-corrected chi connectivity index (χ1v) is 11.2. The highest BCUT2D eigenvalue weighted by atomic mass is 19.1. The van der Waals surface area contributed by atoms with E-state index in [1.165, 1.54) is 12.1 Å². The van der Waals surface area contributed by atoms with Gasteiger partial charge in [0.2, 0.25) is 5.91 Å². The Bertz CT molecular complexity index is 1240. The van der Waals surface area contributed by atoms with Crippen LogP contribution in [0.25, 0.3) is 11.1 Å². The van der Waals surface area contributed by atoms with Crippen molar-refractivity contribution in [3.05, 3.63) is 89.2 Å². The molecule has 180 valence electrons. The van der Waals surface area contributed by atoms with Crippen molar-refractivity contribution in [3.8, 4) is 11.1 Å². The van der Waals surface area contributed by atoms with E-state index < -0.39 is 35.5 Å². The molecule has 3 aromatic carbocycles. The molecule has 0 spiro atoms. The predicted molar refractivity (Wildman–Crippen MR) is 129 cm³/mol. The van der Waals surface area contributed by atoms with Gasteiger partial charge in [-0.2, -0.15) is 0 Å². The van der Waals surface area contributed by atoms with Gasteiger partial charge in [-0.3, -0.25) is 4.79 Å². The summed E-state index contributed by atoms with van der Waals surface area (Å²) < 4.78 is 19.8. The number of carboxylic acid groups (broad SMARTS) is 1. The number of fused-ring (bicyclic) bond motifs is 3. The molecule has 0 saturated carbocycles. The number of hydrogen-bond donors (Lipinski definition) is 3. The van der Waals surface area contributed by atoms with Crippen LogP contribution in [0.15, 0.2) is 66.7 Å². The molecule has 0 unspecified atom stereocenters. The van der Waals surface area contributed by atoms with E-state index in [1.807, 2.05) is 48.5 Å². The van der Waals surface area contributed by atoms with Crippen molar-refractivity contribution in [1.82, 2.24) is 5.32 Å². The Morgan fingerprint density at radius 3 is 2.11 bits per heavy atom. The molecule has 1 aliphatic carbocycles. The molecule has 7 nitrogen and oxygen atoms in total. The fraction of sp³-hybridized carbons (Fsp3) is 0.222. The Balaban J connectivity index is 1.45. The maximum atomic E-state index is 14.2. The molecule has 8 heteroatoms. The number of benzene rings is 3. The summed E-state index contributed by atoms with van der Waals surface area (Å²) in [4.78, 5) is 36.9. The zero-order chi connectivity index (χ0) is 25.1. The minimum Gasteiger partial charge on any atom is -0.478 e. The number of ether oxygens (including phenoxy) is 1. The number of aromatic carboxylic acids is 1. The number of para-hydroxylation sites is 1. The maximum Gasteiger partial charge on any atom is 0.407 e. The van der Waals surface area contributed by atoms with E-state index in [4.69, 9.17) is 4.74 Å². The normalized spacial score (nSPS) is 13.0. The van der Waals surface area contributed by atoms with Crippen LogP contribution in [0.2, 0.25) is 0 Å². The second-order valence-corrected chi connectivity index (χ2v) is 8.65. The van der Waals surface area contributed by atoms with Gasteiger partial charge in [0.1, 0.15) is 18.5 Å². The standard InChI is InChI=1S/C27H25FN2O5/c1-15(2)23(25(31)29-24-20(26(32)33)12-7-13-22(24)28)30-27(34)35-14-21-18-10-5-3-8-16(18)17-9-4-6-11-19(17)21/h3-13,15,21,23H,14H2,1-2H3,(H,29,31)(H,30,34)(H,32,33)/t23-/m0/s1. The van der Waals surface area contributed by atoms with Crippen LogP contribution >= 0.6 is 0 Å². The van der Waals surface area contributed by atoms with E-state index in [1.54, 1.807) is 13.8 Å². The van der Waals surface area contributed by atoms with E-state index in [0.717, 1.165) is 28.3 Å². The third-order valence-electron chi connectivity index (χ3n) is 6.06. The quantitative estimate of drug-likeness (QED) is 0.444. The number of anilines is 1. The third-order valence-corrected chi connectivity index (χ3v) is 6.06. The van der Waals surface area contributed by atoms with Crippen LogP contribution in [0.3, 0.4) is 0 Å². The molecule has 0 aliphatic heterocycles. The van der Waals surface area contributed by atoms with Crippen molar-refractivity contribution < 1.29 is 28.6 Å². The Kier molecular flexibility index (Phi) is 6.82. The highest BCUT2D eigenvalue weighted by Crippen LogP contribution is 2.44. The Labute approximate surface area is 201 Å². The molecule has 4 rings (SSSR count). The van der Waals surface area contributed by atoms with Gasteiger partial charge in [-0.25, -0.2) is 14.0 Å². The topological polar surface area (TPSA) is 105 Å². The second-order valence-electron chi connectivity index (χ2n) is 8.65. The fourth-order valence-corrected chi connectivity index (χ4v) is 4.33. The molecule has 0 bridgehead atoms. The Morgan fingerprint density at radius 2 is 1.54 bits per heavy atom. The summed E-state index contributed by atoms with van der Waals surface area (Å²) in [6.07, 6.45) is -0.798. The summed E-state index contributed by atoms with van der Waals surface area (Å²) >= 11 is 0. The van der Waals surface area contributed by atoms with Gasteiger partial charge >= 0.3 is 12.1 Å². The predicted octanol–water partition coefficient (Wildman–Crippen LogP) is 5.03. The molecule has 2 amide bonds. The van der Waals surface area contributed by atoms with Crippen molar-refractivity contribution in [2.75, 3.05) is 11.9 Å². The van der Waals surface area contributed by atoms with Crippen molar-refractivity contribution >= 4 is 23.7 Å². The summed E-state index contributed by atoms with van der Waals surface area (Å²) in [6.45, 7) is 3.48. The van der Waals surface area contributed by atoms with Gasteiger partial charge in [0.15, 0.2) is 0 Å². The summed E-state index contributed by atoms with van der Waals surface area (Å²) in [7, 11) is 0. The minimum absolute atomic E-state index is 0.0722. The van der Waals surface area contributed by atoms with Crippen LogP contribution in [0.4, 0.5) is 14.9 Å². The molecular weight excluding hydrogens is 451 g/mol. The first-order chi connectivity index (χ1) is 16.8. The number of alkyl carbamates (subject to hydrolysis) is 1. The molecule has 3 aromatic rings. The van der Waals surface area contributed by atoms with Crippen molar-refractivity contribution in [2.45, 2.75) is 25.8 Å². The van der Waals surface area contributed by atoms with Gasteiger partial charge in [0, 0.05) is 5.92 Å². The van der Waals surface area contributed by atoms with E-state index >= 15 is 0 Å². The molecule has 1 atom stereocenters. The van der Waals surface area contributed by atoms with E-state index in [0.29, 0.717) is 0 Å². The number of carbonyl (C=O) groups excluding carboxylic acids is 2. The van der Waals surface area contributed by atoms with Crippen molar-refractivity contribution in [2.24, 2.45) is 5.92 Å². The zero-order valence-electron chi connectivity index (χ0n) is 19.2. The highest BCUT2D eigenvalue weighted by molar-refractivity contribution is 6.03. The maximum absolute atomic E-state index is 14.2. The average molecular weight is 477 g/mol. The fourth-order valence-electron chi connectivity index (χ4n) is 4.33. The van der Waals surface area contributed by atoms with Crippen LogP contribution in [0.5, 0.6) is 0 Å². The molecule has 0 heterocycles. The number of hydrogen-bond acceptors (Lipinski definition) is 4. The average Bonchev–Trinajstić information content (AvgIpc) is 3.15. The summed E-state index contributed by atoms with van der Waals surface area (Å²) in [6, 6.07) is 18.2. The number of nitrogens with one attached hydrogen (secondary N) is 2. The van der Waals surface area contributed by atoms with Gasteiger partial charge in [-0.05, 0) is 40.3 Å². The zero-order valence-corrected chi connectivity index (χ0v) is 19.2. The van der Waals surface area contributed by atoms with Gasteiger partial charge in [-0.1, -0.05) is 68.4 Å². The molecule has 0 radical (unpaired) electrons. The number of carbonyl (C=O) groups is 3. The van der Waals surface area contributed by atoms with Crippen LogP contribution in [0, 0.1) is 11.7 Å². The van der Waals surface area contributed by atoms with Gasteiger partial charge < -0.3 is 20.5 Å². The number of rotatable bonds is 7. The molecule has 0 saturated heterocycles. The van der Waals surface area contributed by atoms with Crippen molar-refractivity contribution in [3.63, 3.8) is 0 Å². The summed E-state index contributed by atoms with van der Waals surface area (Å²) in [5, 5.41) is 14.1. The van der Waals surface area contributed by atoms with E-state index in [9.17, 15) is 23.9 Å². The molecule has 1 aliphatic rings. The number of amides is 2. The minimum atomic E-state index is -1.38. The molecular formula is C27H25FN2O5. The van der Waals surface area contributed by atoms with Gasteiger partial charge in [0.05, 0.1) is 11.3 Å². The van der Waals surface area contributed by atoms with Crippen molar-refractivity contribution in [1.29, 1.82) is 0 Å². The highest BCUT2D eigenvalue weighted by Gasteiger charge is 2.31. The van der Waals surface area contributed by atoms with E-state index in [-0.39, 0.29) is 24.0 Å². The lowest BCUT2D eigenvalue weighted by Gasteiger charge is -2.23. The number of halogens is 1. The summed E-state index contributed by atoms with van der Waals surface area (Å²) in [5.74, 6) is -3.54. The monoisotopic (exact) mass is 476 g/mol. The van der Waals surface area contributed by atoms with Gasteiger partial charge in [-0.15, -0.1) is 0 Å². The Morgan fingerprint density at radius 1 is 0.943 bits per heavy atom. The molecule has 0 aromatic heterocycles. The smallest absolute Gasteiger partial charge is 0.407 e. The number of carboxylic acids is 1. The SMILES string of the molecule is CC(C)[C@H](NC(=O)OCC1c2ccccc2-c2ccccc21)C(=O)Nc1c(F)cccc1C(=O)O. The van der Waals surface area contributed by atoms with Crippen LogP contribution in [-0.4, -0.2) is 35.7 Å². The molecule has 35 heavy (non-hydrogen) atoms. The van der Waals surface area contributed by atoms with E-state index in [2.05, 4.69) is 10.6 Å². The second kappa shape index (κ2) is 9.97. The third kappa shape index (κ3) is 4.87. The Hall–Kier alpha value is -4.20. The lowest BCUT2D eigenvalue weighted by Crippen LogP contribution is -2.47. The van der Waals surface area contributed by atoms with Gasteiger partial charge in [0.25, 0.3) is 0 Å². The lowest BCUT2D eigenvalue weighted by molar-refractivity contribution is -0.119. The first-order valence-electron chi connectivity index (χ1n) is 11.2. The summed E-state index contributed by atoms with van der Waals surface area (Å²) in [5.41, 5.74) is 3.46. The van der Waals surface area contributed by atoms with Crippen LogP contribution in [0.1, 0.15) is 41.3 Å². The lowest BCUT2D eigenvalue weighted by atomic mass is 9.98. The first kappa shape index (κ1) is 23.9. The van der Waals surface area contributed by atoms with Crippen LogP contribution in [-0.2, 0) is 9.53 Å². The molecule has 0 fully saturated rings. The molecule has 3 N–H and O–H groups in total. The van der Waals surface area contributed by atoms with Crippen LogP contribution < -0.4 is 10.6 Å². The largest absolute Gasteiger partial charge is 0.478 e.